The van der Waals surface area contributed by atoms with Crippen molar-refractivity contribution >= 4 is 21.6 Å². The van der Waals surface area contributed by atoms with Gasteiger partial charge in [-0.2, -0.15) is 0 Å². The molecule has 0 fully saturated rings. The third-order valence-corrected chi connectivity index (χ3v) is 5.27. The Labute approximate surface area is 103 Å². The number of benzene rings is 1. The molecule has 0 saturated carbocycles. The minimum absolute atomic E-state index is 0.112. The van der Waals surface area contributed by atoms with Crippen LogP contribution >= 0.6 is 11.8 Å². The molecule has 0 saturated heterocycles. The highest BCUT2D eigenvalue weighted by Crippen LogP contribution is 2.39. The minimum Gasteiger partial charge on any atom is -0.511 e. The Morgan fingerprint density at radius 2 is 2.18 bits per heavy atom. The van der Waals surface area contributed by atoms with Gasteiger partial charge in [0, 0.05) is 23.1 Å². The average Bonchev–Trinajstić information content (AvgIpc) is 2.26. The van der Waals surface area contributed by atoms with Crippen LogP contribution < -0.4 is 4.74 Å². The van der Waals surface area contributed by atoms with E-state index in [1.807, 2.05) is 0 Å². The molecule has 0 atom stereocenters. The van der Waals surface area contributed by atoms with Crippen LogP contribution in [0.15, 0.2) is 33.1 Å². The Hall–Kier alpha value is -1.14. The highest BCUT2D eigenvalue weighted by atomic mass is 32.2. The molecule has 0 aromatic heterocycles. The maximum atomic E-state index is 11.9. The average molecular weight is 270 g/mol. The van der Waals surface area contributed by atoms with Gasteiger partial charge in [-0.1, -0.05) is 0 Å². The second-order valence-corrected chi connectivity index (χ2v) is 6.84. The molecule has 6 heteroatoms. The van der Waals surface area contributed by atoms with Gasteiger partial charge in [-0.15, -0.1) is 11.8 Å². The van der Waals surface area contributed by atoms with E-state index in [1.165, 1.54) is 0 Å². The van der Waals surface area contributed by atoms with Crippen molar-refractivity contribution in [1.82, 2.24) is 0 Å². The number of rotatable bonds is 0. The zero-order valence-electron chi connectivity index (χ0n) is 8.84. The molecule has 17 heavy (non-hydrogen) atoms. The summed E-state index contributed by atoms with van der Waals surface area (Å²) in [5.41, 5.74) is 0.641. The predicted molar refractivity (Wildman–Crippen MR) is 64.3 cm³/mol. The van der Waals surface area contributed by atoms with Gasteiger partial charge in [0.25, 0.3) is 0 Å². The fourth-order valence-corrected chi connectivity index (χ4v) is 4.20. The fourth-order valence-electron chi connectivity index (χ4n) is 1.99. The summed E-state index contributed by atoms with van der Waals surface area (Å²) in [5, 5.41) is 10.4. The molecule has 0 unspecified atom stereocenters. The summed E-state index contributed by atoms with van der Waals surface area (Å²) in [6.45, 7) is 0.595. The van der Waals surface area contributed by atoms with Crippen molar-refractivity contribution in [2.45, 2.75) is 16.2 Å². The zero-order chi connectivity index (χ0) is 12.0. The van der Waals surface area contributed by atoms with Gasteiger partial charge in [0.2, 0.25) is 9.84 Å². The van der Waals surface area contributed by atoms with Crippen molar-refractivity contribution in [3.8, 4) is 5.75 Å². The summed E-state index contributed by atoms with van der Waals surface area (Å²) in [6.07, 6.45) is 0.266. The van der Waals surface area contributed by atoms with Crippen molar-refractivity contribution < 1.29 is 18.3 Å². The predicted octanol–water partition coefficient (Wildman–Crippen LogP) is 1.90. The quantitative estimate of drug-likeness (QED) is 0.780. The van der Waals surface area contributed by atoms with Gasteiger partial charge >= 0.3 is 0 Å². The van der Waals surface area contributed by atoms with E-state index in [0.29, 0.717) is 17.9 Å². The molecule has 2 aliphatic heterocycles. The lowest BCUT2D eigenvalue weighted by Crippen LogP contribution is -2.13. The summed E-state index contributed by atoms with van der Waals surface area (Å²) in [5.74, 6) is 1.37. The van der Waals surface area contributed by atoms with E-state index in [1.54, 1.807) is 23.9 Å². The van der Waals surface area contributed by atoms with Crippen LogP contribution in [0.25, 0.3) is 0 Å². The highest BCUT2D eigenvalue weighted by Gasteiger charge is 2.26. The van der Waals surface area contributed by atoms with Crippen LogP contribution in [0.3, 0.4) is 0 Å². The zero-order valence-corrected chi connectivity index (χ0v) is 10.5. The standard InChI is InChI=1S/C11H10O4S2/c12-8-3-7-4-10-9(15-1-2-16-10)5-11(7)17(13,14)6-8/h4-6,12H,1-3H2. The lowest BCUT2D eigenvalue weighted by molar-refractivity contribution is 0.328. The largest absolute Gasteiger partial charge is 0.511 e. The van der Waals surface area contributed by atoms with Crippen LogP contribution in [-0.4, -0.2) is 25.9 Å². The molecule has 4 nitrogen and oxygen atoms in total. The van der Waals surface area contributed by atoms with Crippen LogP contribution in [0.4, 0.5) is 0 Å². The SMILES string of the molecule is O=S1(=O)C=C(O)Cc2cc3c(cc21)OCCS3. The molecule has 0 aliphatic carbocycles. The number of hydrogen-bond donors (Lipinski definition) is 1. The van der Waals surface area contributed by atoms with Gasteiger partial charge in [-0.05, 0) is 11.6 Å². The first-order chi connectivity index (χ1) is 8.06. The Bertz CT molecular complexity index is 617. The van der Waals surface area contributed by atoms with Crippen molar-refractivity contribution in [3.63, 3.8) is 0 Å². The fraction of sp³-hybridized carbons (Fsp3) is 0.273. The summed E-state index contributed by atoms with van der Waals surface area (Å²) < 4.78 is 29.2. The number of aliphatic hydroxyl groups is 1. The number of fused-ring (bicyclic) bond motifs is 2. The van der Waals surface area contributed by atoms with Gasteiger partial charge in [0.15, 0.2) is 0 Å². The smallest absolute Gasteiger partial charge is 0.203 e. The van der Waals surface area contributed by atoms with E-state index >= 15 is 0 Å². The van der Waals surface area contributed by atoms with Crippen LogP contribution in [0.1, 0.15) is 5.56 Å². The number of aliphatic hydroxyl groups excluding tert-OH is 1. The summed E-state index contributed by atoms with van der Waals surface area (Å²) in [6, 6.07) is 3.37. The Morgan fingerprint density at radius 1 is 1.35 bits per heavy atom. The molecule has 0 spiro atoms. The van der Waals surface area contributed by atoms with Gasteiger partial charge < -0.3 is 9.84 Å². The molecule has 0 bridgehead atoms. The Morgan fingerprint density at radius 3 is 3.00 bits per heavy atom. The van der Waals surface area contributed by atoms with Gasteiger partial charge in [-0.3, -0.25) is 0 Å². The van der Waals surface area contributed by atoms with Crippen molar-refractivity contribution in [3.05, 3.63) is 28.9 Å². The van der Waals surface area contributed by atoms with E-state index < -0.39 is 9.84 Å². The molecule has 0 amide bonds. The van der Waals surface area contributed by atoms with Crippen molar-refractivity contribution in [2.24, 2.45) is 0 Å². The first-order valence-electron chi connectivity index (χ1n) is 5.13. The Balaban J connectivity index is 2.22. The first kappa shape index (κ1) is 11.0. The topological polar surface area (TPSA) is 63.6 Å². The van der Waals surface area contributed by atoms with E-state index in [9.17, 15) is 13.5 Å². The molecule has 1 aromatic rings. The van der Waals surface area contributed by atoms with Crippen molar-refractivity contribution in [1.29, 1.82) is 0 Å². The second kappa shape index (κ2) is 3.68. The lowest BCUT2D eigenvalue weighted by atomic mass is 10.1. The van der Waals surface area contributed by atoms with Gasteiger partial charge in [-0.25, -0.2) is 8.42 Å². The maximum Gasteiger partial charge on any atom is 0.203 e. The van der Waals surface area contributed by atoms with E-state index in [4.69, 9.17) is 4.74 Å². The normalized spacial score (nSPS) is 20.8. The van der Waals surface area contributed by atoms with Crippen LogP contribution in [0, 0.1) is 0 Å². The number of thioether (sulfide) groups is 1. The molecule has 2 aliphatic rings. The number of ether oxygens (including phenoxy) is 1. The Kier molecular flexibility index (Phi) is 2.38. The van der Waals surface area contributed by atoms with E-state index in [0.717, 1.165) is 16.1 Å². The second-order valence-electron chi connectivity index (χ2n) is 3.93. The molecule has 1 N–H and O–H groups in total. The molecule has 2 heterocycles. The summed E-state index contributed by atoms with van der Waals surface area (Å²) in [7, 11) is -3.53. The summed E-state index contributed by atoms with van der Waals surface area (Å²) >= 11 is 1.64. The van der Waals surface area contributed by atoms with Crippen LogP contribution in [-0.2, 0) is 16.3 Å². The molecule has 1 aromatic carbocycles. The van der Waals surface area contributed by atoms with E-state index in [2.05, 4.69) is 0 Å². The third-order valence-electron chi connectivity index (χ3n) is 2.69. The minimum atomic E-state index is -3.53. The molecular formula is C11H10O4S2. The van der Waals surface area contributed by atoms with Crippen molar-refractivity contribution in [2.75, 3.05) is 12.4 Å². The maximum absolute atomic E-state index is 11.9. The van der Waals surface area contributed by atoms with Crippen LogP contribution in [0.5, 0.6) is 5.75 Å². The first-order valence-corrected chi connectivity index (χ1v) is 7.66. The third kappa shape index (κ3) is 1.81. The molecule has 0 radical (unpaired) electrons. The van der Waals surface area contributed by atoms with Gasteiger partial charge in [0.05, 0.1) is 16.9 Å². The number of allylic oxidation sites excluding steroid dienone is 1. The van der Waals surface area contributed by atoms with Gasteiger partial charge in [0.1, 0.15) is 11.5 Å². The molecule has 90 valence electrons. The highest BCUT2D eigenvalue weighted by molar-refractivity contribution is 7.99. The monoisotopic (exact) mass is 270 g/mol. The molecule has 3 rings (SSSR count). The number of sulfone groups is 1. The lowest BCUT2D eigenvalue weighted by Gasteiger charge is -2.21. The summed E-state index contributed by atoms with van der Waals surface area (Å²) in [4.78, 5) is 1.19. The number of hydrogen-bond acceptors (Lipinski definition) is 5. The van der Waals surface area contributed by atoms with E-state index in [-0.39, 0.29) is 17.1 Å². The molecular weight excluding hydrogens is 260 g/mol. The van der Waals surface area contributed by atoms with Crippen LogP contribution in [0.2, 0.25) is 0 Å².